The molecular weight excluding hydrogens is 365 g/mol. The zero-order valence-corrected chi connectivity index (χ0v) is 16.8. The minimum atomic E-state index is -3.41. The SMILES string of the molecule is CCOP(=O)(CNC(=O)C(CC)C(=O)c1cccc2ccccc12)OCC. The largest absolute Gasteiger partial charge is 0.349 e. The summed E-state index contributed by atoms with van der Waals surface area (Å²) < 4.78 is 22.8. The van der Waals surface area contributed by atoms with Crippen molar-refractivity contribution in [2.45, 2.75) is 27.2 Å². The van der Waals surface area contributed by atoms with Crippen LogP contribution in [0.15, 0.2) is 42.5 Å². The second-order valence-electron chi connectivity index (χ2n) is 6.00. The summed E-state index contributed by atoms with van der Waals surface area (Å²) in [6.45, 7) is 5.59. The molecule has 0 aliphatic rings. The zero-order chi connectivity index (χ0) is 19.9. The van der Waals surface area contributed by atoms with Crippen molar-refractivity contribution < 1.29 is 23.2 Å². The van der Waals surface area contributed by atoms with E-state index in [1.807, 2.05) is 30.3 Å². The molecule has 0 fully saturated rings. The summed E-state index contributed by atoms with van der Waals surface area (Å²) in [5.41, 5.74) is 0.507. The fraction of sp³-hybridized carbons (Fsp3) is 0.400. The molecule has 2 aromatic carbocycles. The molecule has 0 aliphatic heterocycles. The molecule has 2 rings (SSSR count). The van der Waals surface area contributed by atoms with E-state index in [0.29, 0.717) is 12.0 Å². The molecule has 1 N–H and O–H groups in total. The molecule has 27 heavy (non-hydrogen) atoms. The van der Waals surface area contributed by atoms with Gasteiger partial charge in [0.05, 0.1) is 13.2 Å². The lowest BCUT2D eigenvalue weighted by Gasteiger charge is -2.20. The van der Waals surface area contributed by atoms with E-state index in [4.69, 9.17) is 9.05 Å². The van der Waals surface area contributed by atoms with Crippen LogP contribution in [-0.2, 0) is 18.4 Å². The Morgan fingerprint density at radius 2 is 1.63 bits per heavy atom. The number of carbonyl (C=O) groups excluding carboxylic acids is 2. The predicted octanol–water partition coefficient (Wildman–Crippen LogP) is 4.39. The van der Waals surface area contributed by atoms with Crippen molar-refractivity contribution in [3.63, 3.8) is 0 Å². The van der Waals surface area contributed by atoms with Crippen molar-refractivity contribution in [2.75, 3.05) is 19.5 Å². The van der Waals surface area contributed by atoms with Crippen molar-refractivity contribution in [3.8, 4) is 0 Å². The van der Waals surface area contributed by atoms with Gasteiger partial charge in [-0.1, -0.05) is 49.4 Å². The van der Waals surface area contributed by atoms with Gasteiger partial charge in [0.1, 0.15) is 12.2 Å². The topological polar surface area (TPSA) is 81.7 Å². The Morgan fingerprint density at radius 3 is 2.26 bits per heavy atom. The molecule has 0 saturated carbocycles. The first kappa shape index (κ1) is 21.3. The van der Waals surface area contributed by atoms with Crippen molar-refractivity contribution in [3.05, 3.63) is 48.0 Å². The molecule has 0 saturated heterocycles. The van der Waals surface area contributed by atoms with Gasteiger partial charge in [-0.25, -0.2) is 0 Å². The number of hydrogen-bond acceptors (Lipinski definition) is 5. The Labute approximate surface area is 159 Å². The summed E-state index contributed by atoms with van der Waals surface area (Å²) in [5.74, 6) is -1.60. The first-order chi connectivity index (χ1) is 13.0. The van der Waals surface area contributed by atoms with E-state index in [2.05, 4.69) is 5.32 Å². The Balaban J connectivity index is 2.18. The molecule has 0 aliphatic carbocycles. The van der Waals surface area contributed by atoms with E-state index in [1.165, 1.54) is 0 Å². The second kappa shape index (κ2) is 9.79. The number of hydrogen-bond donors (Lipinski definition) is 1. The van der Waals surface area contributed by atoms with E-state index in [1.54, 1.807) is 32.9 Å². The van der Waals surface area contributed by atoms with Crippen LogP contribution in [0.4, 0.5) is 0 Å². The number of Topliss-reactive ketones (excluding diaryl/α,β-unsaturated/α-hetero) is 1. The molecule has 0 heterocycles. The van der Waals surface area contributed by atoms with Crippen molar-refractivity contribution in [1.29, 1.82) is 0 Å². The van der Waals surface area contributed by atoms with Crippen LogP contribution in [0.5, 0.6) is 0 Å². The molecule has 146 valence electrons. The Bertz CT molecular complexity index is 836. The summed E-state index contributed by atoms with van der Waals surface area (Å²) in [7, 11) is -3.41. The first-order valence-corrected chi connectivity index (χ1v) is 10.9. The number of benzene rings is 2. The minimum Gasteiger partial charge on any atom is -0.344 e. The van der Waals surface area contributed by atoms with Gasteiger partial charge in [0.15, 0.2) is 5.78 Å². The van der Waals surface area contributed by atoms with Crippen molar-refractivity contribution in [2.24, 2.45) is 5.92 Å². The van der Waals surface area contributed by atoms with E-state index in [-0.39, 0.29) is 25.3 Å². The third-order valence-corrected chi connectivity index (χ3v) is 6.04. The average Bonchev–Trinajstić information content (AvgIpc) is 2.67. The van der Waals surface area contributed by atoms with Gasteiger partial charge in [-0.2, -0.15) is 0 Å². The standard InChI is InChI=1S/C20H26NO5P/c1-4-16(20(23)21-14-27(24,25-5-2)26-6-3)19(22)18-13-9-11-15-10-7-8-12-17(15)18/h7-13,16H,4-6,14H2,1-3H3,(H,21,23). The summed E-state index contributed by atoms with van der Waals surface area (Å²) in [4.78, 5) is 25.6. The monoisotopic (exact) mass is 391 g/mol. The van der Waals surface area contributed by atoms with Gasteiger partial charge >= 0.3 is 7.60 Å². The molecule has 6 nitrogen and oxygen atoms in total. The minimum absolute atomic E-state index is 0.208. The van der Waals surface area contributed by atoms with Crippen LogP contribution in [-0.4, -0.2) is 31.2 Å². The molecular formula is C20H26NO5P. The number of carbonyl (C=O) groups is 2. The molecule has 1 amide bonds. The van der Waals surface area contributed by atoms with Crippen molar-refractivity contribution in [1.82, 2.24) is 5.32 Å². The first-order valence-electron chi connectivity index (χ1n) is 9.13. The van der Waals surface area contributed by atoms with Crippen LogP contribution in [0.25, 0.3) is 10.8 Å². The van der Waals surface area contributed by atoms with Crippen LogP contribution in [0.1, 0.15) is 37.6 Å². The Morgan fingerprint density at radius 1 is 1.00 bits per heavy atom. The lowest BCUT2D eigenvalue weighted by Crippen LogP contribution is -2.36. The van der Waals surface area contributed by atoms with E-state index in [9.17, 15) is 14.2 Å². The highest BCUT2D eigenvalue weighted by Gasteiger charge is 2.30. The molecule has 0 spiro atoms. The molecule has 7 heteroatoms. The smallest absolute Gasteiger partial charge is 0.344 e. The normalized spacial score (nSPS) is 12.7. The number of rotatable bonds is 10. The molecule has 1 unspecified atom stereocenters. The second-order valence-corrected chi connectivity index (χ2v) is 8.05. The van der Waals surface area contributed by atoms with Crippen LogP contribution in [0.3, 0.4) is 0 Å². The highest BCUT2D eigenvalue weighted by atomic mass is 31.2. The Kier molecular flexibility index (Phi) is 7.72. The van der Waals surface area contributed by atoms with Crippen LogP contribution in [0, 0.1) is 5.92 Å². The van der Waals surface area contributed by atoms with Crippen LogP contribution >= 0.6 is 7.60 Å². The van der Waals surface area contributed by atoms with Crippen LogP contribution < -0.4 is 5.32 Å². The van der Waals surface area contributed by atoms with Gasteiger partial charge in [0.2, 0.25) is 5.91 Å². The maximum absolute atomic E-state index is 13.0. The zero-order valence-electron chi connectivity index (χ0n) is 15.9. The fourth-order valence-electron chi connectivity index (χ4n) is 2.94. The maximum Gasteiger partial charge on any atom is 0.349 e. The summed E-state index contributed by atoms with van der Waals surface area (Å²) >= 11 is 0. The van der Waals surface area contributed by atoms with E-state index >= 15 is 0 Å². The summed E-state index contributed by atoms with van der Waals surface area (Å²) in [6.07, 6.45) is 0.0777. The van der Waals surface area contributed by atoms with Gasteiger partial charge in [-0.3, -0.25) is 14.2 Å². The van der Waals surface area contributed by atoms with Gasteiger partial charge in [-0.05, 0) is 31.0 Å². The summed E-state index contributed by atoms with van der Waals surface area (Å²) in [5, 5.41) is 4.32. The molecule has 0 radical (unpaired) electrons. The van der Waals surface area contributed by atoms with Gasteiger partial charge in [-0.15, -0.1) is 0 Å². The highest BCUT2D eigenvalue weighted by molar-refractivity contribution is 7.53. The van der Waals surface area contributed by atoms with Crippen molar-refractivity contribution >= 4 is 30.1 Å². The fourth-order valence-corrected chi connectivity index (χ4v) is 4.33. The number of ketones is 1. The number of fused-ring (bicyclic) bond motifs is 1. The maximum atomic E-state index is 13.0. The summed E-state index contributed by atoms with van der Waals surface area (Å²) in [6, 6.07) is 13.0. The van der Waals surface area contributed by atoms with Gasteiger partial charge in [0.25, 0.3) is 0 Å². The van der Waals surface area contributed by atoms with Crippen LogP contribution in [0.2, 0.25) is 0 Å². The lowest BCUT2D eigenvalue weighted by molar-refractivity contribution is -0.123. The lowest BCUT2D eigenvalue weighted by atomic mass is 9.91. The van der Waals surface area contributed by atoms with Gasteiger partial charge < -0.3 is 14.4 Å². The van der Waals surface area contributed by atoms with E-state index in [0.717, 1.165) is 10.8 Å². The number of nitrogens with one attached hydrogen (secondary N) is 1. The number of amides is 1. The van der Waals surface area contributed by atoms with Gasteiger partial charge in [0, 0.05) is 5.56 Å². The average molecular weight is 391 g/mol. The molecule has 0 aromatic heterocycles. The molecule has 1 atom stereocenters. The van der Waals surface area contributed by atoms with E-state index < -0.39 is 19.4 Å². The third-order valence-electron chi connectivity index (χ3n) is 4.19. The quantitative estimate of drug-likeness (QED) is 0.369. The Hall–Kier alpha value is -2.01. The highest BCUT2D eigenvalue weighted by Crippen LogP contribution is 2.46. The predicted molar refractivity (Wildman–Crippen MR) is 106 cm³/mol. The third kappa shape index (κ3) is 5.25. The molecule has 2 aromatic rings. The molecule has 0 bridgehead atoms.